The molecule has 1 heterocycles. The second-order valence-corrected chi connectivity index (χ2v) is 7.19. The van der Waals surface area contributed by atoms with Gasteiger partial charge in [0.05, 0.1) is 11.4 Å². The summed E-state index contributed by atoms with van der Waals surface area (Å²) in [7, 11) is 0. The fraction of sp³-hybridized carbons (Fsp3) is 0.0417. The molecule has 148 valence electrons. The average molecular weight is 415 g/mol. The minimum atomic E-state index is -0.358. The highest BCUT2D eigenvalue weighted by molar-refractivity contribution is 6.30. The molecular formula is C24H19ClN4O. The molecule has 6 heteroatoms. The van der Waals surface area contributed by atoms with Crippen LogP contribution in [-0.4, -0.2) is 21.8 Å². The van der Waals surface area contributed by atoms with E-state index in [2.05, 4.69) is 32.9 Å². The largest absolute Gasteiger partial charge is 0.289 e. The summed E-state index contributed by atoms with van der Waals surface area (Å²) in [5, 5.41) is 11.8. The molecule has 0 atom stereocenters. The van der Waals surface area contributed by atoms with E-state index in [0.29, 0.717) is 22.1 Å². The topological polar surface area (TPSA) is 70.1 Å². The number of carbonyl (C=O) groups excluding carboxylic acids is 1. The first-order valence-electron chi connectivity index (χ1n) is 9.42. The Bertz CT molecular complexity index is 1180. The van der Waals surface area contributed by atoms with Crippen molar-refractivity contribution in [2.75, 3.05) is 0 Å². The molecule has 0 saturated heterocycles. The second kappa shape index (κ2) is 8.76. The molecule has 1 amide bonds. The van der Waals surface area contributed by atoms with Crippen molar-refractivity contribution in [3.63, 3.8) is 0 Å². The van der Waals surface area contributed by atoms with Gasteiger partial charge in [0.2, 0.25) is 0 Å². The monoisotopic (exact) mass is 414 g/mol. The lowest BCUT2D eigenvalue weighted by Gasteiger charge is -2.05. The summed E-state index contributed by atoms with van der Waals surface area (Å²) in [4.78, 5) is 12.4. The second-order valence-electron chi connectivity index (χ2n) is 6.76. The van der Waals surface area contributed by atoms with E-state index < -0.39 is 0 Å². The van der Waals surface area contributed by atoms with Gasteiger partial charge in [0.15, 0.2) is 0 Å². The summed E-state index contributed by atoms with van der Waals surface area (Å²) >= 11 is 5.91. The quantitative estimate of drug-likeness (QED) is 0.332. The minimum absolute atomic E-state index is 0.330. The standard InChI is InChI=1S/C24H19ClN4O/c1-16(17-7-9-19(10-8-17)18-5-3-2-4-6-18)26-29-24(30)23-15-22(27-28-23)20-11-13-21(25)14-12-20/h2-15H,1H3,(H,27,28)(H,29,30). The molecule has 4 aromatic rings. The molecule has 0 bridgehead atoms. The molecule has 0 unspecified atom stereocenters. The van der Waals surface area contributed by atoms with Gasteiger partial charge in [-0.05, 0) is 41.8 Å². The van der Waals surface area contributed by atoms with Gasteiger partial charge in [-0.15, -0.1) is 0 Å². The van der Waals surface area contributed by atoms with E-state index in [1.54, 1.807) is 18.2 Å². The van der Waals surface area contributed by atoms with Crippen molar-refractivity contribution in [2.45, 2.75) is 6.92 Å². The van der Waals surface area contributed by atoms with Gasteiger partial charge < -0.3 is 0 Å². The van der Waals surface area contributed by atoms with Crippen LogP contribution in [0.3, 0.4) is 0 Å². The van der Waals surface area contributed by atoms with Crippen molar-refractivity contribution < 1.29 is 4.79 Å². The number of rotatable bonds is 5. The molecule has 0 radical (unpaired) electrons. The molecule has 1 aromatic heterocycles. The van der Waals surface area contributed by atoms with E-state index in [-0.39, 0.29) is 5.91 Å². The summed E-state index contributed by atoms with van der Waals surface area (Å²) in [6.45, 7) is 1.85. The zero-order valence-electron chi connectivity index (χ0n) is 16.3. The first kappa shape index (κ1) is 19.6. The number of nitrogens with one attached hydrogen (secondary N) is 2. The third-order valence-corrected chi connectivity index (χ3v) is 4.95. The average Bonchev–Trinajstić information content (AvgIpc) is 3.29. The molecule has 0 aliphatic rings. The lowest BCUT2D eigenvalue weighted by Crippen LogP contribution is -2.19. The van der Waals surface area contributed by atoms with Crippen molar-refractivity contribution in [1.29, 1.82) is 0 Å². The molecule has 0 saturated carbocycles. The Hall–Kier alpha value is -3.70. The first-order chi connectivity index (χ1) is 14.6. The van der Waals surface area contributed by atoms with Crippen LogP contribution in [0, 0.1) is 0 Å². The maximum atomic E-state index is 12.4. The predicted octanol–water partition coefficient (Wildman–Crippen LogP) is 5.55. The Balaban J connectivity index is 1.43. The third-order valence-electron chi connectivity index (χ3n) is 4.70. The van der Waals surface area contributed by atoms with Gasteiger partial charge in [0, 0.05) is 10.6 Å². The molecule has 30 heavy (non-hydrogen) atoms. The van der Waals surface area contributed by atoms with Gasteiger partial charge in [-0.1, -0.05) is 78.3 Å². The smallest absolute Gasteiger partial charge is 0.272 e. The van der Waals surface area contributed by atoms with Gasteiger partial charge in [0.25, 0.3) is 5.91 Å². The molecule has 4 rings (SSSR count). The van der Waals surface area contributed by atoms with Crippen LogP contribution in [0.5, 0.6) is 0 Å². The van der Waals surface area contributed by atoms with E-state index >= 15 is 0 Å². The van der Waals surface area contributed by atoms with Crippen molar-refractivity contribution in [2.24, 2.45) is 5.10 Å². The normalized spacial score (nSPS) is 11.3. The Morgan fingerprint density at radius 3 is 2.23 bits per heavy atom. The molecule has 0 aliphatic heterocycles. The lowest BCUT2D eigenvalue weighted by molar-refractivity contribution is 0.0950. The Morgan fingerprint density at radius 2 is 1.53 bits per heavy atom. The van der Waals surface area contributed by atoms with Crippen LogP contribution < -0.4 is 5.43 Å². The zero-order chi connectivity index (χ0) is 20.9. The molecule has 0 spiro atoms. The third kappa shape index (κ3) is 4.47. The summed E-state index contributed by atoms with van der Waals surface area (Å²) in [5.74, 6) is -0.358. The number of benzene rings is 3. The molecule has 3 aromatic carbocycles. The fourth-order valence-corrected chi connectivity index (χ4v) is 3.13. The number of hydrogen-bond donors (Lipinski definition) is 2. The first-order valence-corrected chi connectivity index (χ1v) is 9.80. The van der Waals surface area contributed by atoms with Crippen LogP contribution >= 0.6 is 11.6 Å². The maximum Gasteiger partial charge on any atom is 0.289 e. The number of aromatic amines is 1. The van der Waals surface area contributed by atoms with Crippen molar-refractivity contribution in [3.05, 3.63) is 101 Å². The fourth-order valence-electron chi connectivity index (χ4n) is 3.00. The van der Waals surface area contributed by atoms with Gasteiger partial charge in [-0.2, -0.15) is 10.2 Å². The van der Waals surface area contributed by atoms with E-state index in [4.69, 9.17) is 11.6 Å². The van der Waals surface area contributed by atoms with Gasteiger partial charge >= 0.3 is 0 Å². The van der Waals surface area contributed by atoms with E-state index in [0.717, 1.165) is 22.3 Å². The highest BCUT2D eigenvalue weighted by atomic mass is 35.5. The number of hydrazone groups is 1. The van der Waals surface area contributed by atoms with E-state index in [1.807, 2.05) is 61.5 Å². The van der Waals surface area contributed by atoms with Gasteiger partial charge in [0.1, 0.15) is 5.69 Å². The van der Waals surface area contributed by atoms with Crippen molar-refractivity contribution in [1.82, 2.24) is 15.6 Å². The summed E-state index contributed by atoms with van der Waals surface area (Å²) in [5.41, 5.74) is 8.36. The van der Waals surface area contributed by atoms with Gasteiger partial charge in [-0.3, -0.25) is 9.89 Å². The number of halogens is 1. The molecule has 5 nitrogen and oxygen atoms in total. The van der Waals surface area contributed by atoms with Crippen LogP contribution in [0.25, 0.3) is 22.4 Å². The predicted molar refractivity (Wildman–Crippen MR) is 121 cm³/mol. The zero-order valence-corrected chi connectivity index (χ0v) is 17.0. The van der Waals surface area contributed by atoms with E-state index in [1.165, 1.54) is 0 Å². The van der Waals surface area contributed by atoms with Gasteiger partial charge in [-0.25, -0.2) is 5.43 Å². The number of nitrogens with zero attached hydrogens (tertiary/aromatic N) is 2. The Morgan fingerprint density at radius 1 is 0.900 bits per heavy atom. The summed E-state index contributed by atoms with van der Waals surface area (Å²) in [6, 6.07) is 27.2. The van der Waals surface area contributed by atoms with Crippen LogP contribution in [0.2, 0.25) is 5.02 Å². The number of H-pyrrole nitrogens is 1. The van der Waals surface area contributed by atoms with Crippen LogP contribution in [-0.2, 0) is 0 Å². The van der Waals surface area contributed by atoms with Crippen LogP contribution in [0.1, 0.15) is 23.0 Å². The highest BCUT2D eigenvalue weighted by Gasteiger charge is 2.11. The highest BCUT2D eigenvalue weighted by Crippen LogP contribution is 2.21. The van der Waals surface area contributed by atoms with Crippen molar-refractivity contribution >= 4 is 23.2 Å². The van der Waals surface area contributed by atoms with Crippen LogP contribution in [0.15, 0.2) is 90.0 Å². The summed E-state index contributed by atoms with van der Waals surface area (Å²) in [6.07, 6.45) is 0. The number of amides is 1. The lowest BCUT2D eigenvalue weighted by atomic mass is 10.0. The maximum absolute atomic E-state index is 12.4. The van der Waals surface area contributed by atoms with Crippen LogP contribution in [0.4, 0.5) is 0 Å². The molecular weight excluding hydrogens is 396 g/mol. The number of hydrogen-bond acceptors (Lipinski definition) is 3. The SMILES string of the molecule is CC(=NNC(=O)c1cc(-c2ccc(Cl)cc2)n[nH]1)c1ccc(-c2ccccc2)cc1. The van der Waals surface area contributed by atoms with Crippen molar-refractivity contribution in [3.8, 4) is 22.4 Å². The summed E-state index contributed by atoms with van der Waals surface area (Å²) < 4.78 is 0. The molecule has 0 aliphatic carbocycles. The molecule has 2 N–H and O–H groups in total. The molecule has 0 fully saturated rings. The minimum Gasteiger partial charge on any atom is -0.272 e. The van der Waals surface area contributed by atoms with E-state index in [9.17, 15) is 4.79 Å². The Kier molecular flexibility index (Phi) is 5.72. The number of aromatic nitrogens is 2. The number of carbonyl (C=O) groups is 1. The Labute approximate surface area is 179 Å².